The molecule has 3 aromatic rings. The van der Waals surface area contributed by atoms with Crippen LogP contribution in [0.15, 0.2) is 54.7 Å². The SMILES string of the molecule is CCC(C(=O)OCc1ccccc1)n1cc(C=O)c2cc(F)ccc21. The molecule has 3 rings (SSSR count). The maximum Gasteiger partial charge on any atom is 0.329 e. The van der Waals surface area contributed by atoms with Crippen molar-refractivity contribution in [3.8, 4) is 0 Å². The van der Waals surface area contributed by atoms with Gasteiger partial charge in [0.25, 0.3) is 0 Å². The van der Waals surface area contributed by atoms with E-state index in [1.54, 1.807) is 16.8 Å². The zero-order valence-electron chi connectivity index (χ0n) is 13.8. The number of carbonyl (C=O) groups is 2. The van der Waals surface area contributed by atoms with Crippen molar-refractivity contribution in [3.05, 3.63) is 71.7 Å². The number of rotatable bonds is 6. The summed E-state index contributed by atoms with van der Waals surface area (Å²) in [6, 6.07) is 13.0. The Kier molecular flexibility index (Phi) is 4.93. The molecular formula is C20H18FNO3. The lowest BCUT2D eigenvalue weighted by atomic mass is 10.2. The fourth-order valence-electron chi connectivity index (χ4n) is 2.91. The molecule has 0 bridgehead atoms. The van der Waals surface area contributed by atoms with Gasteiger partial charge < -0.3 is 9.30 Å². The van der Waals surface area contributed by atoms with Crippen LogP contribution in [0.3, 0.4) is 0 Å². The lowest BCUT2D eigenvalue weighted by Gasteiger charge is -2.17. The standard InChI is InChI=1S/C20H18FNO3/c1-2-18(20(24)25-13-14-6-4-3-5-7-14)22-11-15(12-23)17-10-16(21)8-9-19(17)22/h3-12,18H,2,13H2,1H3. The third-order valence-corrected chi connectivity index (χ3v) is 4.17. The summed E-state index contributed by atoms with van der Waals surface area (Å²) in [6.07, 6.45) is 2.74. The topological polar surface area (TPSA) is 48.3 Å². The monoisotopic (exact) mass is 339 g/mol. The molecule has 4 nitrogen and oxygen atoms in total. The van der Waals surface area contributed by atoms with E-state index in [0.717, 1.165) is 5.56 Å². The van der Waals surface area contributed by atoms with Gasteiger partial charge in [-0.15, -0.1) is 0 Å². The molecule has 0 saturated heterocycles. The fourth-order valence-corrected chi connectivity index (χ4v) is 2.91. The normalized spacial score (nSPS) is 12.1. The molecule has 5 heteroatoms. The summed E-state index contributed by atoms with van der Waals surface area (Å²) in [4.78, 5) is 23.8. The summed E-state index contributed by atoms with van der Waals surface area (Å²) in [5.74, 6) is -0.807. The number of benzene rings is 2. The van der Waals surface area contributed by atoms with E-state index >= 15 is 0 Å². The number of hydrogen-bond acceptors (Lipinski definition) is 3. The van der Waals surface area contributed by atoms with Crippen LogP contribution >= 0.6 is 0 Å². The summed E-state index contributed by atoms with van der Waals surface area (Å²) < 4.78 is 20.6. The lowest BCUT2D eigenvalue weighted by Crippen LogP contribution is -2.20. The number of fused-ring (bicyclic) bond motifs is 1. The minimum atomic E-state index is -0.578. The zero-order chi connectivity index (χ0) is 17.8. The van der Waals surface area contributed by atoms with E-state index in [1.807, 2.05) is 37.3 Å². The predicted molar refractivity (Wildman–Crippen MR) is 92.8 cm³/mol. The van der Waals surface area contributed by atoms with Gasteiger partial charge in [0.1, 0.15) is 18.5 Å². The van der Waals surface area contributed by atoms with E-state index in [4.69, 9.17) is 4.74 Å². The quantitative estimate of drug-likeness (QED) is 0.497. The average molecular weight is 339 g/mol. The second-order valence-corrected chi connectivity index (χ2v) is 5.79. The summed E-state index contributed by atoms with van der Waals surface area (Å²) in [5, 5.41) is 0.490. The Bertz CT molecular complexity index is 902. The molecule has 0 radical (unpaired) electrons. The van der Waals surface area contributed by atoms with Gasteiger partial charge in [-0.3, -0.25) is 4.79 Å². The number of ether oxygens (including phenoxy) is 1. The molecule has 0 amide bonds. The van der Waals surface area contributed by atoms with Crippen LogP contribution in [0.2, 0.25) is 0 Å². The Hall–Kier alpha value is -2.95. The van der Waals surface area contributed by atoms with Crippen molar-refractivity contribution in [2.24, 2.45) is 0 Å². The van der Waals surface area contributed by atoms with Crippen molar-refractivity contribution in [1.29, 1.82) is 0 Å². The maximum absolute atomic E-state index is 13.5. The van der Waals surface area contributed by atoms with Crippen molar-refractivity contribution < 1.29 is 18.7 Å². The molecule has 0 N–H and O–H groups in total. The number of nitrogens with zero attached hydrogens (tertiary/aromatic N) is 1. The van der Waals surface area contributed by atoms with Gasteiger partial charge in [0.2, 0.25) is 0 Å². The van der Waals surface area contributed by atoms with Gasteiger partial charge in [0.05, 0.1) is 0 Å². The van der Waals surface area contributed by atoms with Gasteiger partial charge in [0.15, 0.2) is 6.29 Å². The summed E-state index contributed by atoms with van der Waals surface area (Å²) >= 11 is 0. The number of hydrogen-bond donors (Lipinski definition) is 0. The number of carbonyl (C=O) groups excluding carboxylic acids is 2. The van der Waals surface area contributed by atoms with Crippen LogP contribution in [-0.2, 0) is 16.1 Å². The van der Waals surface area contributed by atoms with E-state index < -0.39 is 11.9 Å². The highest BCUT2D eigenvalue weighted by Crippen LogP contribution is 2.27. The van der Waals surface area contributed by atoms with Crippen LogP contribution in [0.5, 0.6) is 0 Å². The van der Waals surface area contributed by atoms with Crippen molar-refractivity contribution in [3.63, 3.8) is 0 Å². The highest BCUT2D eigenvalue weighted by Gasteiger charge is 2.23. The Balaban J connectivity index is 1.89. The first-order valence-electron chi connectivity index (χ1n) is 8.10. The third kappa shape index (κ3) is 3.45. The first kappa shape index (κ1) is 16.9. The molecule has 128 valence electrons. The highest BCUT2D eigenvalue weighted by atomic mass is 19.1. The van der Waals surface area contributed by atoms with Crippen LogP contribution in [-0.4, -0.2) is 16.8 Å². The molecule has 0 aliphatic heterocycles. The van der Waals surface area contributed by atoms with Gasteiger partial charge >= 0.3 is 5.97 Å². The second kappa shape index (κ2) is 7.30. The highest BCUT2D eigenvalue weighted by molar-refractivity contribution is 5.98. The van der Waals surface area contributed by atoms with Gasteiger partial charge in [-0.25, -0.2) is 9.18 Å². The zero-order valence-corrected chi connectivity index (χ0v) is 13.8. The molecule has 1 aromatic heterocycles. The lowest BCUT2D eigenvalue weighted by molar-refractivity contribution is -0.149. The molecule has 0 fully saturated rings. The second-order valence-electron chi connectivity index (χ2n) is 5.79. The molecule has 0 saturated carbocycles. The van der Waals surface area contributed by atoms with Crippen LogP contribution in [0.4, 0.5) is 4.39 Å². The first-order chi connectivity index (χ1) is 12.1. The Morgan fingerprint density at radius 3 is 2.68 bits per heavy atom. The molecular weight excluding hydrogens is 321 g/mol. The maximum atomic E-state index is 13.5. The van der Waals surface area contributed by atoms with Gasteiger partial charge in [-0.05, 0) is 30.2 Å². The minimum Gasteiger partial charge on any atom is -0.459 e. The Morgan fingerprint density at radius 2 is 2.00 bits per heavy atom. The van der Waals surface area contributed by atoms with Crippen LogP contribution in [0, 0.1) is 5.82 Å². The van der Waals surface area contributed by atoms with E-state index in [2.05, 4.69) is 0 Å². The van der Waals surface area contributed by atoms with Gasteiger partial charge in [-0.2, -0.15) is 0 Å². The smallest absolute Gasteiger partial charge is 0.329 e. The van der Waals surface area contributed by atoms with Crippen LogP contribution in [0.1, 0.15) is 35.3 Å². The first-order valence-corrected chi connectivity index (χ1v) is 8.10. The summed E-state index contributed by atoms with van der Waals surface area (Å²) in [7, 11) is 0. The number of aromatic nitrogens is 1. The van der Waals surface area contributed by atoms with Crippen molar-refractivity contribution in [2.45, 2.75) is 26.0 Å². The third-order valence-electron chi connectivity index (χ3n) is 4.17. The molecule has 1 atom stereocenters. The average Bonchev–Trinajstić information content (AvgIpc) is 2.99. The van der Waals surface area contributed by atoms with Gasteiger partial charge in [0, 0.05) is 22.7 Å². The molecule has 0 spiro atoms. The molecule has 1 heterocycles. The molecule has 1 unspecified atom stereocenters. The van der Waals surface area contributed by atoms with E-state index in [-0.39, 0.29) is 12.6 Å². The van der Waals surface area contributed by atoms with Crippen LogP contribution < -0.4 is 0 Å². The van der Waals surface area contributed by atoms with Crippen LogP contribution in [0.25, 0.3) is 10.9 Å². The predicted octanol–water partition coefficient (Wildman–Crippen LogP) is 4.29. The van der Waals surface area contributed by atoms with Crippen molar-refractivity contribution in [2.75, 3.05) is 0 Å². The summed E-state index contributed by atoms with van der Waals surface area (Å²) in [5.41, 5.74) is 1.88. The molecule has 25 heavy (non-hydrogen) atoms. The van der Waals surface area contributed by atoms with E-state index in [0.29, 0.717) is 29.2 Å². The largest absolute Gasteiger partial charge is 0.459 e. The number of aldehydes is 1. The molecule has 2 aromatic carbocycles. The number of esters is 1. The Labute approximate surface area is 144 Å². The number of halogens is 1. The van der Waals surface area contributed by atoms with E-state index in [1.165, 1.54) is 12.1 Å². The summed E-state index contributed by atoms with van der Waals surface area (Å²) in [6.45, 7) is 2.05. The molecule has 0 aliphatic rings. The molecule has 0 aliphatic carbocycles. The Morgan fingerprint density at radius 1 is 1.24 bits per heavy atom. The van der Waals surface area contributed by atoms with Crippen molar-refractivity contribution >= 4 is 23.2 Å². The van der Waals surface area contributed by atoms with Crippen molar-refractivity contribution in [1.82, 2.24) is 4.57 Å². The van der Waals surface area contributed by atoms with E-state index in [9.17, 15) is 14.0 Å². The van der Waals surface area contributed by atoms with Gasteiger partial charge in [-0.1, -0.05) is 37.3 Å². The fraction of sp³-hybridized carbons (Fsp3) is 0.200. The minimum absolute atomic E-state index is 0.185.